The van der Waals surface area contributed by atoms with Crippen LogP contribution in [0.25, 0.3) is 0 Å². The van der Waals surface area contributed by atoms with Gasteiger partial charge in [0.2, 0.25) is 0 Å². The summed E-state index contributed by atoms with van der Waals surface area (Å²) < 4.78 is 11.9. The second kappa shape index (κ2) is 11.5. The summed E-state index contributed by atoms with van der Waals surface area (Å²) in [4.78, 5) is 24.5. The standard InChI is InChI=1S/C25H24IN3O4/c1-16-9-10-17(2)21(11-16)28-23(30)15-33-24-20(26)12-18(13-22(24)32-3)14-27-29-25(31)19-7-5-4-6-8-19/h4-14H,15H2,1-3H3,(H,28,30)(H,29,31)/b27-14+. The highest BCUT2D eigenvalue weighted by atomic mass is 127. The fourth-order valence-electron chi connectivity index (χ4n) is 2.97. The molecule has 2 amide bonds. The van der Waals surface area contributed by atoms with Crippen molar-refractivity contribution in [3.63, 3.8) is 0 Å². The molecule has 33 heavy (non-hydrogen) atoms. The number of amides is 2. The van der Waals surface area contributed by atoms with Gasteiger partial charge >= 0.3 is 0 Å². The lowest BCUT2D eigenvalue weighted by Crippen LogP contribution is -2.21. The van der Waals surface area contributed by atoms with E-state index in [9.17, 15) is 9.59 Å². The molecule has 0 fully saturated rings. The minimum Gasteiger partial charge on any atom is -0.493 e. The second-order valence-corrected chi connectivity index (χ2v) is 8.42. The fraction of sp³-hybridized carbons (Fsp3) is 0.160. The van der Waals surface area contributed by atoms with Crippen molar-refractivity contribution in [2.75, 3.05) is 19.0 Å². The predicted octanol–water partition coefficient (Wildman–Crippen LogP) is 4.70. The molecule has 0 radical (unpaired) electrons. The Kier molecular flexibility index (Phi) is 8.42. The van der Waals surface area contributed by atoms with Gasteiger partial charge in [-0.15, -0.1) is 0 Å². The van der Waals surface area contributed by atoms with Crippen LogP contribution in [0.1, 0.15) is 27.0 Å². The van der Waals surface area contributed by atoms with E-state index >= 15 is 0 Å². The minimum atomic E-state index is -0.302. The van der Waals surface area contributed by atoms with E-state index in [1.165, 1.54) is 13.3 Å². The zero-order valence-electron chi connectivity index (χ0n) is 18.5. The number of carbonyl (C=O) groups is 2. The van der Waals surface area contributed by atoms with E-state index in [0.29, 0.717) is 22.6 Å². The van der Waals surface area contributed by atoms with Crippen molar-refractivity contribution in [1.82, 2.24) is 5.43 Å². The Morgan fingerprint density at radius 3 is 2.55 bits per heavy atom. The number of rotatable bonds is 8. The smallest absolute Gasteiger partial charge is 0.271 e. The van der Waals surface area contributed by atoms with Gasteiger partial charge < -0.3 is 14.8 Å². The maximum Gasteiger partial charge on any atom is 0.271 e. The Morgan fingerprint density at radius 1 is 1.06 bits per heavy atom. The first-order valence-electron chi connectivity index (χ1n) is 10.1. The van der Waals surface area contributed by atoms with Gasteiger partial charge in [-0.1, -0.05) is 30.3 Å². The molecule has 0 bridgehead atoms. The summed E-state index contributed by atoms with van der Waals surface area (Å²) >= 11 is 2.10. The summed E-state index contributed by atoms with van der Waals surface area (Å²) in [6, 6.07) is 18.2. The molecule has 0 spiro atoms. The highest BCUT2D eigenvalue weighted by molar-refractivity contribution is 14.1. The van der Waals surface area contributed by atoms with Crippen LogP contribution in [0, 0.1) is 17.4 Å². The van der Waals surface area contributed by atoms with Crippen molar-refractivity contribution in [1.29, 1.82) is 0 Å². The third kappa shape index (κ3) is 6.79. The van der Waals surface area contributed by atoms with Crippen molar-refractivity contribution in [2.24, 2.45) is 5.10 Å². The molecule has 3 rings (SSSR count). The molecule has 0 heterocycles. The largest absolute Gasteiger partial charge is 0.493 e. The van der Waals surface area contributed by atoms with Gasteiger partial charge in [0.1, 0.15) is 0 Å². The maximum absolute atomic E-state index is 12.4. The molecule has 0 aliphatic rings. The lowest BCUT2D eigenvalue weighted by atomic mass is 10.1. The number of hydrogen-bond acceptors (Lipinski definition) is 5. The summed E-state index contributed by atoms with van der Waals surface area (Å²) in [5.74, 6) is 0.344. The minimum absolute atomic E-state index is 0.166. The molecule has 0 saturated carbocycles. The van der Waals surface area contributed by atoms with E-state index < -0.39 is 0 Å². The van der Waals surface area contributed by atoms with E-state index in [1.54, 1.807) is 30.3 Å². The first kappa shape index (κ1) is 24.2. The van der Waals surface area contributed by atoms with Crippen molar-refractivity contribution >= 4 is 46.3 Å². The first-order valence-corrected chi connectivity index (χ1v) is 11.2. The molecule has 0 aliphatic carbocycles. The molecule has 7 nitrogen and oxygen atoms in total. The zero-order chi connectivity index (χ0) is 23.8. The molecule has 3 aromatic rings. The molecule has 2 N–H and O–H groups in total. The van der Waals surface area contributed by atoms with Gasteiger partial charge in [-0.25, -0.2) is 5.43 Å². The lowest BCUT2D eigenvalue weighted by Gasteiger charge is -2.14. The van der Waals surface area contributed by atoms with E-state index in [-0.39, 0.29) is 18.4 Å². The Balaban J connectivity index is 1.64. The van der Waals surface area contributed by atoms with Gasteiger partial charge in [0.25, 0.3) is 11.8 Å². The van der Waals surface area contributed by atoms with Crippen molar-refractivity contribution < 1.29 is 19.1 Å². The maximum atomic E-state index is 12.4. The number of hydrazone groups is 1. The summed E-state index contributed by atoms with van der Waals surface area (Å²) in [5, 5.41) is 6.89. The molecule has 0 aromatic heterocycles. The molecule has 8 heteroatoms. The molecular weight excluding hydrogens is 533 g/mol. The van der Waals surface area contributed by atoms with Crippen LogP contribution in [0.15, 0.2) is 65.8 Å². The Labute approximate surface area is 206 Å². The average Bonchev–Trinajstić information content (AvgIpc) is 2.81. The van der Waals surface area contributed by atoms with E-state index in [4.69, 9.17) is 9.47 Å². The molecule has 0 aliphatic heterocycles. The number of hydrogen-bond donors (Lipinski definition) is 2. The number of nitrogens with zero attached hydrogens (tertiary/aromatic N) is 1. The van der Waals surface area contributed by atoms with Gasteiger partial charge in [-0.2, -0.15) is 5.10 Å². The number of halogens is 1. The molecule has 0 atom stereocenters. The quantitative estimate of drug-likeness (QED) is 0.239. The number of methoxy groups -OCH3 is 1. The van der Waals surface area contributed by atoms with Gasteiger partial charge in [-0.05, 0) is 83.5 Å². The second-order valence-electron chi connectivity index (χ2n) is 7.25. The van der Waals surface area contributed by atoms with Gasteiger partial charge in [0.05, 0.1) is 16.9 Å². The number of anilines is 1. The summed E-state index contributed by atoms with van der Waals surface area (Å²) in [5.41, 5.74) is 6.51. The SMILES string of the molecule is COc1cc(/C=N/NC(=O)c2ccccc2)cc(I)c1OCC(=O)Nc1cc(C)ccc1C. The summed E-state index contributed by atoms with van der Waals surface area (Å²) in [7, 11) is 1.52. The van der Waals surface area contributed by atoms with Crippen LogP contribution in [0.5, 0.6) is 11.5 Å². The number of aryl methyl sites for hydroxylation is 2. The summed E-state index contributed by atoms with van der Waals surface area (Å²) in [6.07, 6.45) is 1.52. The molecule has 3 aromatic carbocycles. The van der Waals surface area contributed by atoms with Crippen LogP contribution in [-0.4, -0.2) is 31.7 Å². The number of nitrogens with one attached hydrogen (secondary N) is 2. The van der Waals surface area contributed by atoms with Crippen LogP contribution in [0.4, 0.5) is 5.69 Å². The first-order chi connectivity index (χ1) is 15.9. The Bertz CT molecular complexity index is 1180. The van der Waals surface area contributed by atoms with E-state index in [0.717, 1.165) is 20.4 Å². The lowest BCUT2D eigenvalue weighted by molar-refractivity contribution is -0.118. The van der Waals surface area contributed by atoms with Crippen molar-refractivity contribution in [2.45, 2.75) is 13.8 Å². The number of carbonyl (C=O) groups excluding carboxylic acids is 2. The third-order valence-corrected chi connectivity index (χ3v) is 5.48. The summed E-state index contributed by atoms with van der Waals surface area (Å²) in [6.45, 7) is 3.74. The molecule has 0 unspecified atom stereocenters. The Hall–Kier alpha value is -3.40. The topological polar surface area (TPSA) is 89.0 Å². The molecule has 0 saturated heterocycles. The molecular formula is C25H24IN3O4. The van der Waals surface area contributed by atoms with Gasteiger partial charge in [0.15, 0.2) is 18.1 Å². The van der Waals surface area contributed by atoms with Crippen LogP contribution >= 0.6 is 22.6 Å². The number of ether oxygens (including phenoxy) is 2. The zero-order valence-corrected chi connectivity index (χ0v) is 20.7. The fourth-order valence-corrected chi connectivity index (χ4v) is 3.75. The van der Waals surface area contributed by atoms with Gasteiger partial charge in [0, 0.05) is 11.3 Å². The third-order valence-electron chi connectivity index (χ3n) is 4.68. The highest BCUT2D eigenvalue weighted by Crippen LogP contribution is 2.33. The normalized spacial score (nSPS) is 10.7. The van der Waals surface area contributed by atoms with Crippen LogP contribution in [-0.2, 0) is 4.79 Å². The van der Waals surface area contributed by atoms with Crippen LogP contribution in [0.3, 0.4) is 0 Å². The Morgan fingerprint density at radius 2 is 1.82 bits per heavy atom. The number of benzene rings is 3. The monoisotopic (exact) mass is 557 g/mol. The van der Waals surface area contributed by atoms with Crippen molar-refractivity contribution in [3.8, 4) is 11.5 Å². The molecule has 170 valence electrons. The predicted molar refractivity (Wildman–Crippen MR) is 137 cm³/mol. The highest BCUT2D eigenvalue weighted by Gasteiger charge is 2.14. The van der Waals surface area contributed by atoms with Gasteiger partial charge in [-0.3, -0.25) is 9.59 Å². The van der Waals surface area contributed by atoms with Crippen LogP contribution in [0.2, 0.25) is 0 Å². The average molecular weight is 557 g/mol. The van der Waals surface area contributed by atoms with E-state index in [1.807, 2.05) is 44.2 Å². The van der Waals surface area contributed by atoms with Crippen LogP contribution < -0.4 is 20.2 Å². The van der Waals surface area contributed by atoms with Crippen molar-refractivity contribution in [3.05, 3.63) is 86.5 Å². The van der Waals surface area contributed by atoms with E-state index in [2.05, 4.69) is 38.4 Å².